The molecule has 2 fully saturated rings. The number of nitrogens with one attached hydrogen (secondary N) is 1. The van der Waals surface area contributed by atoms with E-state index in [1.807, 2.05) is 12.1 Å². The van der Waals surface area contributed by atoms with Crippen LogP contribution in [0.25, 0.3) is 0 Å². The van der Waals surface area contributed by atoms with Crippen LogP contribution in [-0.2, 0) is 16.0 Å². The van der Waals surface area contributed by atoms with E-state index >= 15 is 0 Å². The van der Waals surface area contributed by atoms with Crippen LogP contribution in [-0.4, -0.2) is 53.8 Å². The molecule has 0 radical (unpaired) electrons. The Morgan fingerprint density at radius 3 is 3.08 bits per heavy atom. The largest absolute Gasteiger partial charge is 0.481 e. The van der Waals surface area contributed by atoms with Crippen molar-refractivity contribution < 1.29 is 19.4 Å². The van der Waals surface area contributed by atoms with E-state index in [4.69, 9.17) is 4.74 Å². The molecule has 24 heavy (non-hydrogen) atoms. The molecule has 2 N–H and O–H groups in total. The highest BCUT2D eigenvalue weighted by molar-refractivity contribution is 5.89. The van der Waals surface area contributed by atoms with Gasteiger partial charge in [0.15, 0.2) is 0 Å². The van der Waals surface area contributed by atoms with Gasteiger partial charge in [0, 0.05) is 26.4 Å². The molecule has 0 aromatic carbocycles. The average Bonchev–Trinajstić information content (AvgIpc) is 3.11. The number of aliphatic carboxylic acids is 1. The third kappa shape index (κ3) is 3.08. The van der Waals surface area contributed by atoms with E-state index in [0.717, 1.165) is 24.8 Å². The molecule has 0 unspecified atom stereocenters. The molecule has 3 rings (SSSR count). The monoisotopic (exact) mass is 333 g/mol. The summed E-state index contributed by atoms with van der Waals surface area (Å²) in [5.41, 5.74) is 0.271. The van der Waals surface area contributed by atoms with Gasteiger partial charge in [0.1, 0.15) is 5.82 Å². The van der Waals surface area contributed by atoms with Gasteiger partial charge in [0.25, 0.3) is 0 Å². The molecule has 1 saturated carbocycles. The summed E-state index contributed by atoms with van der Waals surface area (Å²) in [6.07, 6.45) is 4.85. The summed E-state index contributed by atoms with van der Waals surface area (Å²) in [4.78, 5) is 30.0. The van der Waals surface area contributed by atoms with E-state index in [2.05, 4.69) is 10.3 Å². The van der Waals surface area contributed by atoms with Gasteiger partial charge in [0.2, 0.25) is 0 Å². The number of carbonyl (C=O) groups is 2. The van der Waals surface area contributed by atoms with Crippen LogP contribution in [0, 0.1) is 11.3 Å². The standard InChI is InChI=1S/C17H23N3O4/c1-24-8-5-12-4-7-18-14(9-12)19-16(23)20-10-13-3-2-6-17(13,11-20)15(21)22/h4,7,9,13H,2-3,5-6,8,10-11H2,1H3,(H,21,22)(H,18,19,23)/t13-,17+/m0/s1. The van der Waals surface area contributed by atoms with Gasteiger partial charge in [-0.05, 0) is 42.9 Å². The van der Waals surface area contributed by atoms with Crippen molar-refractivity contribution in [1.29, 1.82) is 0 Å². The number of carboxylic acid groups (broad SMARTS) is 1. The molecule has 7 heteroatoms. The molecule has 0 spiro atoms. The first-order valence-corrected chi connectivity index (χ1v) is 8.28. The summed E-state index contributed by atoms with van der Waals surface area (Å²) in [5, 5.41) is 12.4. The molecule has 1 aromatic heterocycles. The third-order valence-corrected chi connectivity index (χ3v) is 5.24. The number of fused-ring (bicyclic) bond motifs is 1. The first-order valence-electron chi connectivity index (χ1n) is 8.28. The van der Waals surface area contributed by atoms with E-state index in [1.165, 1.54) is 0 Å². The Morgan fingerprint density at radius 1 is 1.54 bits per heavy atom. The highest BCUT2D eigenvalue weighted by Gasteiger charge is 2.55. The summed E-state index contributed by atoms with van der Waals surface area (Å²) < 4.78 is 5.05. The predicted molar refractivity (Wildman–Crippen MR) is 87.8 cm³/mol. The molecule has 0 bridgehead atoms. The van der Waals surface area contributed by atoms with Crippen LogP contribution in [0.5, 0.6) is 0 Å². The fourth-order valence-corrected chi connectivity index (χ4v) is 3.90. The number of aromatic nitrogens is 1. The quantitative estimate of drug-likeness (QED) is 0.860. The Kier molecular flexibility index (Phi) is 4.71. The van der Waals surface area contributed by atoms with E-state index in [9.17, 15) is 14.7 Å². The van der Waals surface area contributed by atoms with Crippen LogP contribution in [0.2, 0.25) is 0 Å². The molecule has 7 nitrogen and oxygen atoms in total. The molecular formula is C17H23N3O4. The molecule has 130 valence electrons. The Labute approximate surface area is 141 Å². The number of rotatable bonds is 5. The van der Waals surface area contributed by atoms with Gasteiger partial charge < -0.3 is 14.7 Å². The third-order valence-electron chi connectivity index (χ3n) is 5.24. The summed E-state index contributed by atoms with van der Waals surface area (Å²) in [6.45, 7) is 1.38. The van der Waals surface area contributed by atoms with Crippen molar-refractivity contribution in [3.8, 4) is 0 Å². The number of hydrogen-bond donors (Lipinski definition) is 2. The van der Waals surface area contributed by atoms with Crippen molar-refractivity contribution in [2.75, 3.05) is 32.1 Å². The SMILES string of the molecule is COCCc1ccnc(NC(=O)N2C[C@@H]3CCC[C@@]3(C(=O)O)C2)c1. The molecular weight excluding hydrogens is 310 g/mol. The van der Waals surface area contributed by atoms with Gasteiger partial charge in [-0.3, -0.25) is 10.1 Å². The first-order chi connectivity index (χ1) is 11.5. The van der Waals surface area contributed by atoms with Gasteiger partial charge in [-0.1, -0.05) is 6.42 Å². The fraction of sp³-hybridized carbons (Fsp3) is 0.588. The van der Waals surface area contributed by atoms with Crippen molar-refractivity contribution in [2.24, 2.45) is 11.3 Å². The van der Waals surface area contributed by atoms with Crippen LogP contribution in [0.15, 0.2) is 18.3 Å². The van der Waals surface area contributed by atoms with E-state index in [0.29, 0.717) is 25.4 Å². The van der Waals surface area contributed by atoms with Crippen LogP contribution >= 0.6 is 0 Å². The van der Waals surface area contributed by atoms with Gasteiger partial charge in [-0.15, -0.1) is 0 Å². The number of nitrogens with zero attached hydrogens (tertiary/aromatic N) is 2. The lowest BCUT2D eigenvalue weighted by Gasteiger charge is -2.23. The van der Waals surface area contributed by atoms with Crippen LogP contribution < -0.4 is 5.32 Å². The lowest BCUT2D eigenvalue weighted by atomic mass is 9.81. The summed E-state index contributed by atoms with van der Waals surface area (Å²) in [6, 6.07) is 3.43. The minimum Gasteiger partial charge on any atom is -0.481 e. The molecule has 2 amide bonds. The normalized spacial score (nSPS) is 25.5. The fourth-order valence-electron chi connectivity index (χ4n) is 3.90. The molecule has 2 atom stereocenters. The van der Waals surface area contributed by atoms with Gasteiger partial charge >= 0.3 is 12.0 Å². The van der Waals surface area contributed by atoms with E-state index < -0.39 is 11.4 Å². The average molecular weight is 333 g/mol. The van der Waals surface area contributed by atoms with E-state index in [1.54, 1.807) is 18.2 Å². The molecule has 2 heterocycles. The second-order valence-electron chi connectivity index (χ2n) is 6.65. The van der Waals surface area contributed by atoms with Crippen molar-refractivity contribution in [1.82, 2.24) is 9.88 Å². The van der Waals surface area contributed by atoms with Crippen LogP contribution in [0.1, 0.15) is 24.8 Å². The van der Waals surface area contributed by atoms with Gasteiger partial charge in [-0.2, -0.15) is 0 Å². The maximum atomic E-state index is 12.5. The van der Waals surface area contributed by atoms with Crippen molar-refractivity contribution in [3.63, 3.8) is 0 Å². The number of methoxy groups -OCH3 is 1. The van der Waals surface area contributed by atoms with E-state index in [-0.39, 0.29) is 18.5 Å². The second-order valence-corrected chi connectivity index (χ2v) is 6.65. The number of amides is 2. The van der Waals surface area contributed by atoms with Gasteiger partial charge in [0.05, 0.1) is 12.0 Å². The predicted octanol–water partition coefficient (Wildman–Crippen LogP) is 1.99. The molecule has 1 aliphatic heterocycles. The van der Waals surface area contributed by atoms with Crippen LogP contribution in [0.4, 0.5) is 10.6 Å². The number of likely N-dealkylation sites (tertiary alicyclic amines) is 1. The molecule has 1 aliphatic carbocycles. The Morgan fingerprint density at radius 2 is 2.38 bits per heavy atom. The van der Waals surface area contributed by atoms with Crippen molar-refractivity contribution in [3.05, 3.63) is 23.9 Å². The van der Waals surface area contributed by atoms with Crippen molar-refractivity contribution >= 4 is 17.8 Å². The Hall–Kier alpha value is -2.15. The lowest BCUT2D eigenvalue weighted by molar-refractivity contribution is -0.149. The smallest absolute Gasteiger partial charge is 0.323 e. The minimum absolute atomic E-state index is 0.0572. The van der Waals surface area contributed by atoms with Crippen molar-refractivity contribution in [2.45, 2.75) is 25.7 Å². The first kappa shape index (κ1) is 16.7. The maximum Gasteiger partial charge on any atom is 0.323 e. The summed E-state index contributed by atoms with van der Waals surface area (Å²) >= 11 is 0. The second kappa shape index (κ2) is 6.76. The summed E-state index contributed by atoms with van der Waals surface area (Å²) in [7, 11) is 1.65. The maximum absolute atomic E-state index is 12.5. The topological polar surface area (TPSA) is 91.8 Å². The number of urea groups is 1. The Bertz CT molecular complexity index is 636. The number of hydrogen-bond acceptors (Lipinski definition) is 4. The van der Waals surface area contributed by atoms with Gasteiger partial charge in [-0.25, -0.2) is 9.78 Å². The highest BCUT2D eigenvalue weighted by Crippen LogP contribution is 2.48. The highest BCUT2D eigenvalue weighted by atomic mass is 16.5. The van der Waals surface area contributed by atoms with Crippen LogP contribution in [0.3, 0.4) is 0 Å². The number of carboxylic acids is 1. The lowest BCUT2D eigenvalue weighted by Crippen LogP contribution is -2.38. The molecule has 1 saturated heterocycles. The molecule has 2 aliphatic rings. The zero-order valence-electron chi connectivity index (χ0n) is 13.8. The zero-order valence-corrected chi connectivity index (χ0v) is 13.8. The minimum atomic E-state index is -0.778. The zero-order chi connectivity index (χ0) is 17.2. The Balaban J connectivity index is 1.65. The number of anilines is 1. The number of pyridine rings is 1. The molecule has 1 aromatic rings. The summed E-state index contributed by atoms with van der Waals surface area (Å²) in [5.74, 6) is -0.239. The number of carbonyl (C=O) groups excluding carboxylic acids is 1. The number of ether oxygens (including phenoxy) is 1.